The van der Waals surface area contributed by atoms with E-state index in [0.717, 1.165) is 49.6 Å². The summed E-state index contributed by atoms with van der Waals surface area (Å²) in [5, 5.41) is 13.7. The summed E-state index contributed by atoms with van der Waals surface area (Å²) in [5.74, 6) is 0.741. The SMILES string of the molecule is COCc1ccccc1C(c1cc(OC)ccc1OC)N(C(=O)O)c1ccnc(Nc2ccc(OCCCN3CCN(C)CC3)c(F)c2)n1. The number of hydrogen-bond acceptors (Lipinski definition) is 10. The van der Waals surface area contributed by atoms with Crippen LogP contribution in [0, 0.1) is 5.82 Å². The van der Waals surface area contributed by atoms with Crippen LogP contribution in [0.1, 0.15) is 29.2 Å². The number of methoxy groups -OCH3 is 3. The topological polar surface area (TPSA) is 122 Å². The number of piperazine rings is 1. The first kappa shape index (κ1) is 35.3. The van der Waals surface area contributed by atoms with Crippen molar-refractivity contribution >= 4 is 23.5 Å². The van der Waals surface area contributed by atoms with Gasteiger partial charge in [-0.3, -0.25) is 0 Å². The summed E-state index contributed by atoms with van der Waals surface area (Å²) in [5.41, 5.74) is 2.34. The molecule has 1 atom stereocenters. The molecule has 5 rings (SSSR count). The second-order valence-electron chi connectivity index (χ2n) is 11.7. The average Bonchev–Trinajstić information content (AvgIpc) is 3.10. The number of anilines is 3. The summed E-state index contributed by atoms with van der Waals surface area (Å²) in [4.78, 5) is 27.8. The van der Waals surface area contributed by atoms with Gasteiger partial charge in [0.05, 0.1) is 33.5 Å². The van der Waals surface area contributed by atoms with Crippen molar-refractivity contribution in [2.75, 3.05) is 77.9 Å². The Morgan fingerprint density at radius 1 is 0.980 bits per heavy atom. The summed E-state index contributed by atoms with van der Waals surface area (Å²) >= 11 is 0. The lowest BCUT2D eigenvalue weighted by Crippen LogP contribution is -2.44. The van der Waals surface area contributed by atoms with Crippen LogP contribution in [-0.4, -0.2) is 98.7 Å². The Hall–Kier alpha value is -4.98. The number of benzene rings is 3. The fraction of sp³-hybridized carbons (Fsp3) is 0.361. The van der Waals surface area contributed by atoms with Gasteiger partial charge in [0, 0.05) is 63.3 Å². The van der Waals surface area contributed by atoms with E-state index in [0.29, 0.717) is 34.9 Å². The lowest BCUT2D eigenvalue weighted by Gasteiger charge is -2.32. The Bertz CT molecular complexity index is 1700. The molecule has 2 N–H and O–H groups in total. The minimum Gasteiger partial charge on any atom is -0.497 e. The number of rotatable bonds is 15. The standard InChI is InChI=1S/C36H43FN6O6/c1-41-17-19-42(20-18-41)16-7-21-49-32-12-10-26(22-30(32)37)39-35-38-15-14-33(40-35)43(36(44)45)34(28-9-6-5-8-25(28)24-46-2)29-23-27(47-3)11-13-31(29)48-4/h5-6,8-15,22-23,34H,7,16-21,24H2,1-4H3,(H,44,45)(H,38,39,40). The maximum Gasteiger partial charge on any atom is 0.413 e. The molecule has 12 nitrogen and oxygen atoms in total. The maximum absolute atomic E-state index is 15.1. The molecule has 1 aliphatic rings. The Kier molecular flexibility index (Phi) is 12.2. The molecular formula is C36H43FN6O6. The molecule has 1 aromatic heterocycles. The van der Waals surface area contributed by atoms with Crippen LogP contribution in [0.3, 0.4) is 0 Å². The van der Waals surface area contributed by atoms with Crippen LogP contribution in [0.4, 0.5) is 26.6 Å². The predicted octanol–water partition coefficient (Wildman–Crippen LogP) is 5.81. The zero-order valence-electron chi connectivity index (χ0n) is 28.3. The van der Waals surface area contributed by atoms with Crippen molar-refractivity contribution in [3.05, 3.63) is 95.4 Å². The number of carboxylic acid groups (broad SMARTS) is 1. The molecule has 3 aromatic carbocycles. The van der Waals surface area contributed by atoms with Gasteiger partial charge < -0.3 is 39.2 Å². The molecule has 0 spiro atoms. The van der Waals surface area contributed by atoms with Gasteiger partial charge in [-0.25, -0.2) is 19.1 Å². The van der Waals surface area contributed by atoms with Crippen LogP contribution in [-0.2, 0) is 11.3 Å². The van der Waals surface area contributed by atoms with Crippen molar-refractivity contribution in [3.8, 4) is 17.2 Å². The van der Waals surface area contributed by atoms with Crippen LogP contribution in [0.25, 0.3) is 0 Å². The maximum atomic E-state index is 15.1. The van der Waals surface area contributed by atoms with Crippen LogP contribution in [0.2, 0.25) is 0 Å². The van der Waals surface area contributed by atoms with Crippen LogP contribution < -0.4 is 24.4 Å². The molecule has 260 valence electrons. The Morgan fingerprint density at radius 3 is 2.47 bits per heavy atom. The van der Waals surface area contributed by atoms with Crippen LogP contribution in [0.5, 0.6) is 17.2 Å². The predicted molar refractivity (Wildman–Crippen MR) is 185 cm³/mol. The molecule has 1 unspecified atom stereocenters. The number of halogens is 1. The van der Waals surface area contributed by atoms with E-state index >= 15 is 4.39 Å². The summed E-state index contributed by atoms with van der Waals surface area (Å²) in [6.07, 6.45) is 0.963. The first-order valence-electron chi connectivity index (χ1n) is 16.1. The number of carbonyl (C=O) groups is 1. The molecule has 0 bridgehead atoms. The number of nitrogens with one attached hydrogen (secondary N) is 1. The molecule has 1 fully saturated rings. The fourth-order valence-corrected chi connectivity index (χ4v) is 5.84. The number of aromatic nitrogens is 2. The highest BCUT2D eigenvalue weighted by Crippen LogP contribution is 2.40. The fourth-order valence-electron chi connectivity index (χ4n) is 5.84. The quantitative estimate of drug-likeness (QED) is 0.149. The Balaban J connectivity index is 1.39. The largest absolute Gasteiger partial charge is 0.497 e. The highest BCUT2D eigenvalue weighted by atomic mass is 19.1. The van der Waals surface area contributed by atoms with E-state index in [1.807, 2.05) is 24.3 Å². The van der Waals surface area contributed by atoms with Gasteiger partial charge in [-0.05, 0) is 61.0 Å². The van der Waals surface area contributed by atoms with E-state index in [9.17, 15) is 9.90 Å². The lowest BCUT2D eigenvalue weighted by molar-refractivity contribution is 0.145. The van der Waals surface area contributed by atoms with Crippen molar-refractivity contribution in [2.45, 2.75) is 19.1 Å². The molecule has 1 amide bonds. The van der Waals surface area contributed by atoms with E-state index in [2.05, 4.69) is 32.1 Å². The molecule has 13 heteroatoms. The third-order valence-electron chi connectivity index (χ3n) is 8.39. The average molecular weight is 675 g/mol. The molecule has 1 aliphatic heterocycles. The zero-order chi connectivity index (χ0) is 34.8. The van der Waals surface area contributed by atoms with Crippen molar-refractivity contribution in [1.82, 2.24) is 19.8 Å². The highest BCUT2D eigenvalue weighted by Gasteiger charge is 2.33. The first-order valence-corrected chi connectivity index (χ1v) is 16.1. The molecule has 1 saturated heterocycles. The molecule has 2 heterocycles. The number of hydrogen-bond donors (Lipinski definition) is 2. The third kappa shape index (κ3) is 8.93. The highest BCUT2D eigenvalue weighted by molar-refractivity contribution is 5.87. The number of amides is 1. The van der Waals surface area contributed by atoms with Gasteiger partial charge in [-0.2, -0.15) is 4.98 Å². The summed E-state index contributed by atoms with van der Waals surface area (Å²) in [6.45, 7) is 5.68. The van der Waals surface area contributed by atoms with Gasteiger partial charge >= 0.3 is 6.09 Å². The Morgan fingerprint density at radius 2 is 1.76 bits per heavy atom. The summed E-state index contributed by atoms with van der Waals surface area (Å²) < 4.78 is 37.5. The van der Waals surface area contributed by atoms with E-state index < -0.39 is 18.0 Å². The van der Waals surface area contributed by atoms with Crippen molar-refractivity contribution in [2.24, 2.45) is 0 Å². The van der Waals surface area contributed by atoms with Crippen LogP contribution in [0.15, 0.2) is 72.9 Å². The van der Waals surface area contributed by atoms with Gasteiger partial charge in [0.1, 0.15) is 17.3 Å². The van der Waals surface area contributed by atoms with Gasteiger partial charge in [-0.1, -0.05) is 24.3 Å². The van der Waals surface area contributed by atoms with Crippen molar-refractivity contribution in [1.29, 1.82) is 0 Å². The second-order valence-corrected chi connectivity index (χ2v) is 11.7. The number of likely N-dealkylation sites (N-methyl/N-ethyl adjacent to an activating group) is 1. The second kappa shape index (κ2) is 16.9. The van der Waals surface area contributed by atoms with E-state index in [-0.39, 0.29) is 24.1 Å². The molecule has 0 saturated carbocycles. The Labute approximate surface area is 286 Å². The van der Waals surface area contributed by atoms with E-state index in [1.165, 1.54) is 32.5 Å². The third-order valence-corrected chi connectivity index (χ3v) is 8.39. The minimum atomic E-state index is -1.27. The van der Waals surface area contributed by atoms with Crippen molar-refractivity contribution in [3.63, 3.8) is 0 Å². The first-order chi connectivity index (χ1) is 23.8. The molecular weight excluding hydrogens is 631 g/mol. The monoisotopic (exact) mass is 674 g/mol. The van der Waals surface area contributed by atoms with Crippen LogP contribution >= 0.6 is 0 Å². The number of ether oxygens (including phenoxy) is 4. The summed E-state index contributed by atoms with van der Waals surface area (Å²) in [7, 11) is 6.75. The lowest BCUT2D eigenvalue weighted by atomic mass is 9.92. The zero-order valence-corrected chi connectivity index (χ0v) is 28.3. The van der Waals surface area contributed by atoms with Crippen molar-refractivity contribution < 1.29 is 33.2 Å². The van der Waals surface area contributed by atoms with Gasteiger partial charge in [0.2, 0.25) is 5.95 Å². The van der Waals surface area contributed by atoms with Gasteiger partial charge in [0.25, 0.3) is 0 Å². The van der Waals surface area contributed by atoms with Gasteiger partial charge in [0.15, 0.2) is 11.6 Å². The molecule has 0 radical (unpaired) electrons. The summed E-state index contributed by atoms with van der Waals surface area (Å²) in [6, 6.07) is 17.7. The normalized spacial score (nSPS) is 14.2. The van der Waals surface area contributed by atoms with E-state index in [1.54, 1.807) is 37.4 Å². The molecule has 49 heavy (non-hydrogen) atoms. The number of nitrogens with zero attached hydrogens (tertiary/aromatic N) is 5. The smallest absolute Gasteiger partial charge is 0.413 e. The van der Waals surface area contributed by atoms with E-state index in [4.69, 9.17) is 18.9 Å². The molecule has 4 aromatic rings. The van der Waals surface area contributed by atoms with Gasteiger partial charge in [-0.15, -0.1) is 0 Å². The minimum absolute atomic E-state index is 0.0746. The molecule has 0 aliphatic carbocycles.